The highest BCUT2D eigenvalue weighted by molar-refractivity contribution is 5.64. The second kappa shape index (κ2) is 4.67. The standard InChI is InChI=1S/C14H14N2/c1-16-11-5-9-14(16)13-8-3-2-6-12(13)7-4-10-15/h2-3,5-6,8-9,11H,4,7H2,1H3. The maximum absolute atomic E-state index is 8.65. The lowest BCUT2D eigenvalue weighted by Crippen LogP contribution is -1.94. The molecule has 0 aliphatic carbocycles. The molecule has 1 aromatic carbocycles. The van der Waals surface area contributed by atoms with Gasteiger partial charge in [-0.25, -0.2) is 0 Å². The predicted molar refractivity (Wildman–Crippen MR) is 64.8 cm³/mol. The molecule has 2 rings (SSSR count). The van der Waals surface area contributed by atoms with Crippen LogP contribution in [-0.2, 0) is 13.5 Å². The smallest absolute Gasteiger partial charge is 0.0625 e. The minimum atomic E-state index is 0.571. The summed E-state index contributed by atoms with van der Waals surface area (Å²) in [6, 6.07) is 14.6. The molecule has 1 aromatic heterocycles. The van der Waals surface area contributed by atoms with Crippen LogP contribution in [0.25, 0.3) is 11.3 Å². The first-order chi connectivity index (χ1) is 7.83. The highest BCUT2D eigenvalue weighted by Crippen LogP contribution is 2.24. The SMILES string of the molecule is Cn1cccc1-c1ccccc1CCC#N. The molecule has 0 aliphatic rings. The van der Waals surface area contributed by atoms with Gasteiger partial charge in [0.25, 0.3) is 0 Å². The molecule has 2 nitrogen and oxygen atoms in total. The first-order valence-electron chi connectivity index (χ1n) is 5.39. The van der Waals surface area contributed by atoms with Crippen LogP contribution >= 0.6 is 0 Å². The monoisotopic (exact) mass is 210 g/mol. The maximum atomic E-state index is 8.65. The maximum Gasteiger partial charge on any atom is 0.0625 e. The Hall–Kier alpha value is -2.01. The summed E-state index contributed by atoms with van der Waals surface area (Å²) < 4.78 is 2.10. The third kappa shape index (κ3) is 1.99. The molecule has 16 heavy (non-hydrogen) atoms. The highest BCUT2D eigenvalue weighted by atomic mass is 14.9. The Bertz CT molecular complexity index is 518. The van der Waals surface area contributed by atoms with Gasteiger partial charge in [0.2, 0.25) is 0 Å². The van der Waals surface area contributed by atoms with Crippen LogP contribution in [0.15, 0.2) is 42.6 Å². The molecule has 0 spiro atoms. The van der Waals surface area contributed by atoms with E-state index in [4.69, 9.17) is 5.26 Å². The van der Waals surface area contributed by atoms with Crippen molar-refractivity contribution in [2.45, 2.75) is 12.8 Å². The molecular formula is C14H14N2. The van der Waals surface area contributed by atoms with Gasteiger partial charge in [0.1, 0.15) is 0 Å². The van der Waals surface area contributed by atoms with Crippen molar-refractivity contribution < 1.29 is 0 Å². The second-order valence-corrected chi connectivity index (χ2v) is 3.82. The second-order valence-electron chi connectivity index (χ2n) is 3.82. The molecule has 0 aliphatic heterocycles. The van der Waals surface area contributed by atoms with Gasteiger partial charge in [0.15, 0.2) is 0 Å². The van der Waals surface area contributed by atoms with E-state index in [1.54, 1.807) is 0 Å². The van der Waals surface area contributed by atoms with Gasteiger partial charge in [0, 0.05) is 30.9 Å². The summed E-state index contributed by atoms with van der Waals surface area (Å²) in [7, 11) is 2.04. The fraction of sp³-hybridized carbons (Fsp3) is 0.214. The number of rotatable bonds is 3. The van der Waals surface area contributed by atoms with Gasteiger partial charge in [-0.05, 0) is 24.1 Å². The summed E-state index contributed by atoms with van der Waals surface area (Å²) in [5.41, 5.74) is 3.67. The number of nitrogens with zero attached hydrogens (tertiary/aromatic N) is 2. The molecule has 2 heteroatoms. The summed E-state index contributed by atoms with van der Waals surface area (Å²) in [6.45, 7) is 0. The lowest BCUT2D eigenvalue weighted by Gasteiger charge is -2.09. The first kappa shape index (κ1) is 10.5. The van der Waals surface area contributed by atoms with Gasteiger partial charge in [-0.1, -0.05) is 24.3 Å². The number of benzene rings is 1. The summed E-state index contributed by atoms with van der Waals surface area (Å²) in [5, 5.41) is 8.65. The van der Waals surface area contributed by atoms with E-state index in [1.807, 2.05) is 31.4 Å². The van der Waals surface area contributed by atoms with Crippen molar-refractivity contribution in [3.05, 3.63) is 48.2 Å². The van der Waals surface area contributed by atoms with Crippen LogP contribution in [0.1, 0.15) is 12.0 Å². The molecule has 0 N–H and O–H groups in total. The van der Waals surface area contributed by atoms with Crippen LogP contribution in [0.2, 0.25) is 0 Å². The minimum absolute atomic E-state index is 0.571. The minimum Gasteiger partial charge on any atom is -0.351 e. The highest BCUT2D eigenvalue weighted by Gasteiger charge is 2.06. The number of aromatic nitrogens is 1. The zero-order chi connectivity index (χ0) is 11.4. The Labute approximate surface area is 95.8 Å². The van der Waals surface area contributed by atoms with Crippen molar-refractivity contribution in [2.24, 2.45) is 7.05 Å². The topological polar surface area (TPSA) is 28.7 Å². The van der Waals surface area contributed by atoms with Crippen LogP contribution in [0, 0.1) is 11.3 Å². The Morgan fingerprint density at radius 1 is 1.19 bits per heavy atom. The molecule has 0 amide bonds. The molecule has 2 aromatic rings. The Morgan fingerprint density at radius 3 is 2.69 bits per heavy atom. The van der Waals surface area contributed by atoms with E-state index in [9.17, 15) is 0 Å². The lowest BCUT2D eigenvalue weighted by molar-refractivity contribution is 0.929. The Morgan fingerprint density at radius 2 is 2.00 bits per heavy atom. The van der Waals surface area contributed by atoms with Gasteiger partial charge in [0.05, 0.1) is 6.07 Å². The van der Waals surface area contributed by atoms with Crippen LogP contribution in [0.4, 0.5) is 0 Å². The average molecular weight is 210 g/mol. The molecule has 0 saturated heterocycles. The van der Waals surface area contributed by atoms with Crippen LogP contribution in [0.3, 0.4) is 0 Å². The number of nitriles is 1. The Balaban J connectivity index is 2.41. The fourth-order valence-electron chi connectivity index (χ4n) is 1.92. The van der Waals surface area contributed by atoms with Crippen LogP contribution in [-0.4, -0.2) is 4.57 Å². The molecule has 0 bridgehead atoms. The first-order valence-corrected chi connectivity index (χ1v) is 5.39. The summed E-state index contributed by atoms with van der Waals surface area (Å²) in [5.74, 6) is 0. The average Bonchev–Trinajstić information content (AvgIpc) is 2.73. The van der Waals surface area contributed by atoms with E-state index in [1.165, 1.54) is 16.8 Å². The summed E-state index contributed by atoms with van der Waals surface area (Å²) in [6.07, 6.45) is 3.43. The van der Waals surface area contributed by atoms with E-state index in [0.29, 0.717) is 6.42 Å². The van der Waals surface area contributed by atoms with Crippen LogP contribution in [0.5, 0.6) is 0 Å². The van der Waals surface area contributed by atoms with Crippen molar-refractivity contribution in [3.8, 4) is 17.3 Å². The molecule has 0 saturated carbocycles. The van der Waals surface area contributed by atoms with Crippen LogP contribution < -0.4 is 0 Å². The van der Waals surface area contributed by atoms with Crippen molar-refractivity contribution in [1.29, 1.82) is 5.26 Å². The van der Waals surface area contributed by atoms with Gasteiger partial charge in [-0.3, -0.25) is 0 Å². The molecule has 0 unspecified atom stereocenters. The van der Waals surface area contributed by atoms with E-state index >= 15 is 0 Å². The predicted octanol–water partition coefficient (Wildman–Crippen LogP) is 3.15. The van der Waals surface area contributed by atoms with Gasteiger partial charge in [-0.15, -0.1) is 0 Å². The zero-order valence-electron chi connectivity index (χ0n) is 9.35. The van der Waals surface area contributed by atoms with Crippen molar-refractivity contribution >= 4 is 0 Å². The quantitative estimate of drug-likeness (QED) is 0.765. The third-order valence-electron chi connectivity index (χ3n) is 2.74. The number of hydrogen-bond acceptors (Lipinski definition) is 1. The zero-order valence-corrected chi connectivity index (χ0v) is 9.35. The molecule has 0 radical (unpaired) electrons. The molecule has 0 fully saturated rings. The van der Waals surface area contributed by atoms with E-state index in [0.717, 1.165) is 6.42 Å². The van der Waals surface area contributed by atoms with Crippen molar-refractivity contribution in [3.63, 3.8) is 0 Å². The largest absolute Gasteiger partial charge is 0.351 e. The Kier molecular flexibility index (Phi) is 3.07. The number of hydrogen-bond donors (Lipinski definition) is 0. The third-order valence-corrected chi connectivity index (χ3v) is 2.74. The fourth-order valence-corrected chi connectivity index (χ4v) is 1.92. The summed E-state index contributed by atoms with van der Waals surface area (Å²) >= 11 is 0. The van der Waals surface area contributed by atoms with Gasteiger partial charge in [-0.2, -0.15) is 5.26 Å². The molecule has 80 valence electrons. The lowest BCUT2D eigenvalue weighted by atomic mass is 10.0. The van der Waals surface area contributed by atoms with Gasteiger partial charge < -0.3 is 4.57 Å². The molecular weight excluding hydrogens is 196 g/mol. The molecule has 1 heterocycles. The van der Waals surface area contributed by atoms with E-state index < -0.39 is 0 Å². The number of aryl methyl sites for hydroxylation is 2. The normalized spacial score (nSPS) is 10.0. The summed E-state index contributed by atoms with van der Waals surface area (Å²) in [4.78, 5) is 0. The molecule has 0 atom stereocenters. The van der Waals surface area contributed by atoms with E-state index in [2.05, 4.69) is 28.8 Å². The van der Waals surface area contributed by atoms with Crippen molar-refractivity contribution in [1.82, 2.24) is 4.57 Å². The van der Waals surface area contributed by atoms with Gasteiger partial charge >= 0.3 is 0 Å². The van der Waals surface area contributed by atoms with E-state index in [-0.39, 0.29) is 0 Å². The van der Waals surface area contributed by atoms with Crippen molar-refractivity contribution in [2.75, 3.05) is 0 Å².